The van der Waals surface area contributed by atoms with Crippen molar-refractivity contribution >= 4 is 23.1 Å². The van der Waals surface area contributed by atoms with Crippen molar-refractivity contribution in [3.63, 3.8) is 0 Å². The lowest BCUT2D eigenvalue weighted by Crippen LogP contribution is -2.15. The second-order valence-corrected chi connectivity index (χ2v) is 5.96. The number of hydrogen-bond acceptors (Lipinski definition) is 4. The predicted molar refractivity (Wildman–Crippen MR) is 88.8 cm³/mol. The zero-order valence-electron chi connectivity index (χ0n) is 12.4. The number of thiazole rings is 1. The molecular weight excluding hydrogens is 313 g/mol. The van der Waals surface area contributed by atoms with E-state index in [4.69, 9.17) is 0 Å². The van der Waals surface area contributed by atoms with Gasteiger partial charge in [-0.05, 0) is 30.7 Å². The molecule has 2 aromatic heterocycles. The first-order chi connectivity index (χ1) is 11.1. The number of anilines is 1. The van der Waals surface area contributed by atoms with Gasteiger partial charge in [0.15, 0.2) is 0 Å². The van der Waals surface area contributed by atoms with Gasteiger partial charge in [-0.3, -0.25) is 4.79 Å². The van der Waals surface area contributed by atoms with Crippen LogP contribution in [0.2, 0.25) is 0 Å². The Labute approximate surface area is 137 Å². The van der Waals surface area contributed by atoms with E-state index < -0.39 is 0 Å². The third-order valence-electron chi connectivity index (χ3n) is 3.14. The molecule has 0 radical (unpaired) electrons. The topological polar surface area (TPSA) is 54.9 Å². The molecule has 0 spiro atoms. The van der Waals surface area contributed by atoms with Crippen molar-refractivity contribution in [1.82, 2.24) is 9.97 Å². The molecule has 0 atom stereocenters. The molecule has 4 nitrogen and oxygen atoms in total. The van der Waals surface area contributed by atoms with Gasteiger partial charge in [0.05, 0.1) is 12.1 Å². The van der Waals surface area contributed by atoms with Gasteiger partial charge in [-0.1, -0.05) is 18.2 Å². The summed E-state index contributed by atoms with van der Waals surface area (Å²) in [6.45, 7) is 1.93. The number of aryl methyl sites for hydroxylation is 1. The van der Waals surface area contributed by atoms with E-state index in [-0.39, 0.29) is 18.1 Å². The SMILES string of the molecule is Cc1ccc(NC(=O)Cc2csc(-c3cccc(F)c3)n2)nc1. The molecule has 2 heterocycles. The van der Waals surface area contributed by atoms with Crippen molar-refractivity contribution in [3.05, 3.63) is 65.0 Å². The van der Waals surface area contributed by atoms with E-state index in [0.29, 0.717) is 22.1 Å². The molecular formula is C17H14FN3OS. The Balaban J connectivity index is 1.66. The van der Waals surface area contributed by atoms with Crippen molar-refractivity contribution in [1.29, 1.82) is 0 Å². The molecule has 0 fully saturated rings. The Morgan fingerprint density at radius 2 is 2.17 bits per heavy atom. The van der Waals surface area contributed by atoms with Gasteiger partial charge in [0.25, 0.3) is 0 Å². The van der Waals surface area contributed by atoms with Gasteiger partial charge in [-0.15, -0.1) is 11.3 Å². The van der Waals surface area contributed by atoms with Crippen LogP contribution in [0.1, 0.15) is 11.3 Å². The van der Waals surface area contributed by atoms with Crippen LogP contribution < -0.4 is 5.32 Å². The zero-order valence-corrected chi connectivity index (χ0v) is 13.2. The van der Waals surface area contributed by atoms with Gasteiger partial charge in [0, 0.05) is 17.1 Å². The number of halogens is 1. The Hall–Kier alpha value is -2.60. The minimum atomic E-state index is -0.303. The molecule has 6 heteroatoms. The van der Waals surface area contributed by atoms with E-state index in [2.05, 4.69) is 15.3 Å². The molecule has 1 aromatic carbocycles. The molecule has 0 aliphatic heterocycles. The highest BCUT2D eigenvalue weighted by Gasteiger charge is 2.10. The Morgan fingerprint density at radius 3 is 2.91 bits per heavy atom. The lowest BCUT2D eigenvalue weighted by Gasteiger charge is -2.03. The normalized spacial score (nSPS) is 10.5. The number of benzene rings is 1. The fourth-order valence-corrected chi connectivity index (χ4v) is 2.85. The van der Waals surface area contributed by atoms with Gasteiger partial charge >= 0.3 is 0 Å². The average molecular weight is 327 g/mol. The predicted octanol–water partition coefficient (Wildman–Crippen LogP) is 3.83. The average Bonchev–Trinajstić information content (AvgIpc) is 2.98. The number of amides is 1. The fraction of sp³-hybridized carbons (Fsp3) is 0.118. The molecule has 3 rings (SSSR count). The highest BCUT2D eigenvalue weighted by Crippen LogP contribution is 2.24. The summed E-state index contributed by atoms with van der Waals surface area (Å²) in [6, 6.07) is 9.89. The first-order valence-electron chi connectivity index (χ1n) is 7.03. The van der Waals surface area contributed by atoms with Gasteiger partial charge in [0.1, 0.15) is 16.6 Å². The first-order valence-corrected chi connectivity index (χ1v) is 7.91. The highest BCUT2D eigenvalue weighted by molar-refractivity contribution is 7.13. The zero-order chi connectivity index (χ0) is 16.2. The highest BCUT2D eigenvalue weighted by atomic mass is 32.1. The number of rotatable bonds is 4. The summed E-state index contributed by atoms with van der Waals surface area (Å²) >= 11 is 1.39. The maximum atomic E-state index is 13.2. The van der Waals surface area contributed by atoms with Crippen LogP contribution in [0.15, 0.2) is 48.0 Å². The first kappa shape index (κ1) is 15.3. The summed E-state index contributed by atoms with van der Waals surface area (Å²) in [7, 11) is 0. The molecule has 0 aliphatic rings. The number of pyridine rings is 1. The molecule has 116 valence electrons. The van der Waals surface area contributed by atoms with Crippen LogP contribution in [-0.2, 0) is 11.2 Å². The van der Waals surface area contributed by atoms with Crippen LogP contribution in [0.5, 0.6) is 0 Å². The third-order valence-corrected chi connectivity index (χ3v) is 4.08. The largest absolute Gasteiger partial charge is 0.310 e. The quantitative estimate of drug-likeness (QED) is 0.792. The molecule has 0 unspecified atom stereocenters. The summed E-state index contributed by atoms with van der Waals surface area (Å²) in [5.74, 6) is 0.0288. The molecule has 1 N–H and O–H groups in total. The van der Waals surface area contributed by atoms with Crippen molar-refractivity contribution in [3.8, 4) is 10.6 Å². The smallest absolute Gasteiger partial charge is 0.231 e. The van der Waals surface area contributed by atoms with Gasteiger partial charge in [-0.2, -0.15) is 0 Å². The van der Waals surface area contributed by atoms with E-state index in [1.54, 1.807) is 24.4 Å². The number of nitrogens with zero attached hydrogens (tertiary/aromatic N) is 2. The summed E-state index contributed by atoms with van der Waals surface area (Å²) in [5, 5.41) is 5.23. The summed E-state index contributed by atoms with van der Waals surface area (Å²) < 4.78 is 13.2. The van der Waals surface area contributed by atoms with Crippen LogP contribution in [0.25, 0.3) is 10.6 Å². The monoisotopic (exact) mass is 327 g/mol. The Kier molecular flexibility index (Phi) is 4.43. The number of carbonyl (C=O) groups excluding carboxylic acids is 1. The summed E-state index contributed by atoms with van der Waals surface area (Å²) in [6.07, 6.45) is 1.85. The van der Waals surface area contributed by atoms with Crippen LogP contribution in [0.3, 0.4) is 0 Å². The van der Waals surface area contributed by atoms with Crippen LogP contribution >= 0.6 is 11.3 Å². The van der Waals surface area contributed by atoms with Gasteiger partial charge in [0.2, 0.25) is 5.91 Å². The number of nitrogens with one attached hydrogen (secondary N) is 1. The molecule has 3 aromatic rings. The maximum absolute atomic E-state index is 13.2. The van der Waals surface area contributed by atoms with E-state index >= 15 is 0 Å². The third kappa shape index (κ3) is 3.98. The minimum absolute atomic E-state index is 0.154. The maximum Gasteiger partial charge on any atom is 0.231 e. The number of carbonyl (C=O) groups is 1. The van der Waals surface area contributed by atoms with Crippen molar-refractivity contribution in [2.24, 2.45) is 0 Å². The summed E-state index contributed by atoms with van der Waals surface area (Å²) in [4.78, 5) is 20.5. The van der Waals surface area contributed by atoms with Crippen molar-refractivity contribution in [2.75, 3.05) is 5.32 Å². The lowest BCUT2D eigenvalue weighted by molar-refractivity contribution is -0.115. The van der Waals surface area contributed by atoms with Gasteiger partial charge in [-0.25, -0.2) is 14.4 Å². The number of aromatic nitrogens is 2. The molecule has 1 amide bonds. The number of hydrogen-bond donors (Lipinski definition) is 1. The van der Waals surface area contributed by atoms with E-state index in [9.17, 15) is 9.18 Å². The Bertz CT molecular complexity index is 830. The van der Waals surface area contributed by atoms with Crippen LogP contribution in [0.4, 0.5) is 10.2 Å². The standard InChI is InChI=1S/C17H14FN3OS/c1-11-5-6-15(19-9-11)21-16(22)8-14-10-23-17(20-14)12-3-2-4-13(18)7-12/h2-7,9-10H,8H2,1H3,(H,19,21,22). The summed E-state index contributed by atoms with van der Waals surface area (Å²) in [5.41, 5.74) is 2.39. The second kappa shape index (κ2) is 6.66. The van der Waals surface area contributed by atoms with E-state index in [1.165, 1.54) is 23.5 Å². The van der Waals surface area contributed by atoms with Crippen molar-refractivity contribution < 1.29 is 9.18 Å². The minimum Gasteiger partial charge on any atom is -0.310 e. The van der Waals surface area contributed by atoms with E-state index in [1.807, 2.05) is 18.4 Å². The van der Waals surface area contributed by atoms with Crippen LogP contribution in [0, 0.1) is 12.7 Å². The fourth-order valence-electron chi connectivity index (χ4n) is 2.04. The molecule has 0 saturated heterocycles. The second-order valence-electron chi connectivity index (χ2n) is 5.10. The molecule has 0 bridgehead atoms. The Morgan fingerprint density at radius 1 is 1.30 bits per heavy atom. The molecule has 0 saturated carbocycles. The lowest BCUT2D eigenvalue weighted by atomic mass is 10.2. The van der Waals surface area contributed by atoms with Crippen molar-refractivity contribution in [2.45, 2.75) is 13.3 Å². The van der Waals surface area contributed by atoms with Crippen LogP contribution in [-0.4, -0.2) is 15.9 Å². The molecule has 0 aliphatic carbocycles. The van der Waals surface area contributed by atoms with E-state index in [0.717, 1.165) is 5.56 Å². The van der Waals surface area contributed by atoms with Gasteiger partial charge < -0.3 is 5.32 Å². The molecule has 23 heavy (non-hydrogen) atoms.